The number of hydrogen-bond acceptors (Lipinski definition) is 3. The van der Waals surface area contributed by atoms with Gasteiger partial charge in [-0.2, -0.15) is 0 Å². The Labute approximate surface area is 150 Å². The summed E-state index contributed by atoms with van der Waals surface area (Å²) in [6, 6.07) is 0. The number of aliphatic hydroxyl groups is 2. The first kappa shape index (κ1) is 19.4. The minimum atomic E-state index is -0.743. The molecule has 1 heterocycles. The van der Waals surface area contributed by atoms with Gasteiger partial charge >= 0.3 is 0 Å². The van der Waals surface area contributed by atoms with Crippen LogP contribution in [-0.4, -0.2) is 39.5 Å². The van der Waals surface area contributed by atoms with Crippen molar-refractivity contribution in [3.63, 3.8) is 0 Å². The summed E-state index contributed by atoms with van der Waals surface area (Å²) in [5.74, 6) is 0. The van der Waals surface area contributed by atoms with Crippen molar-refractivity contribution in [3.05, 3.63) is 39.5 Å². The van der Waals surface area contributed by atoms with Gasteiger partial charge in [0.1, 0.15) is 0 Å². The fourth-order valence-corrected chi connectivity index (χ4v) is 2.91. The second-order valence-corrected chi connectivity index (χ2v) is 7.21. The normalized spacial score (nSPS) is 29.2. The number of hydrogen-bond donors (Lipinski definition) is 2. The molecule has 0 amide bonds. The molecule has 0 radical (unpaired) electrons. The van der Waals surface area contributed by atoms with E-state index in [1.54, 1.807) is 23.2 Å². The van der Waals surface area contributed by atoms with Crippen molar-refractivity contribution in [1.82, 2.24) is 0 Å². The van der Waals surface area contributed by atoms with E-state index in [0.717, 1.165) is 10.9 Å². The van der Waals surface area contributed by atoms with Crippen LogP contribution >= 0.6 is 47.8 Å². The largest absolute Gasteiger partial charge is 0.390 e. The van der Waals surface area contributed by atoms with Crippen LogP contribution in [0.3, 0.4) is 0 Å². The summed E-state index contributed by atoms with van der Waals surface area (Å²) in [6.45, 7) is 2.04. The molecular formula is C15H19Br3O3. The van der Waals surface area contributed by atoms with Crippen LogP contribution in [0.2, 0.25) is 0 Å². The number of aliphatic hydroxyl groups excluding tert-OH is 2. The average molecular weight is 487 g/mol. The standard InChI is InChI=1S/C15H19Br3O3/c1-2-10(17)5-3-7-12(19)14(18)15-13(20)9-11(21-15)6-4-8-16/h3,5-8,11-15,19-20H,2,9H2,1H3/b7-3+,10-5?/t4?,11-,12-,13-,14-,15+/m0/s1. The van der Waals surface area contributed by atoms with E-state index in [4.69, 9.17) is 4.74 Å². The molecular weight excluding hydrogens is 468 g/mol. The maximum Gasteiger partial charge on any atom is 0.0996 e. The Morgan fingerprint density at radius 1 is 1.52 bits per heavy atom. The molecule has 5 atom stereocenters. The van der Waals surface area contributed by atoms with Gasteiger partial charge in [-0.1, -0.05) is 72.9 Å². The first-order chi connectivity index (χ1) is 9.99. The lowest BCUT2D eigenvalue weighted by Crippen LogP contribution is -2.37. The van der Waals surface area contributed by atoms with Gasteiger partial charge in [0, 0.05) is 11.4 Å². The minimum absolute atomic E-state index is 0.191. The minimum Gasteiger partial charge on any atom is -0.390 e. The molecule has 21 heavy (non-hydrogen) atoms. The lowest BCUT2D eigenvalue weighted by molar-refractivity contribution is 0.00627. The number of alkyl halides is 1. The molecule has 0 bridgehead atoms. The summed E-state index contributed by atoms with van der Waals surface area (Å²) < 4.78 is 6.79. The number of ether oxygens (including phenoxy) is 1. The summed E-state index contributed by atoms with van der Waals surface area (Å²) >= 11 is 9.96. The molecule has 2 N–H and O–H groups in total. The first-order valence-electron chi connectivity index (χ1n) is 6.69. The highest BCUT2D eigenvalue weighted by atomic mass is 79.9. The predicted molar refractivity (Wildman–Crippen MR) is 96.0 cm³/mol. The Morgan fingerprint density at radius 3 is 2.86 bits per heavy atom. The van der Waals surface area contributed by atoms with Crippen LogP contribution in [0.5, 0.6) is 0 Å². The monoisotopic (exact) mass is 484 g/mol. The van der Waals surface area contributed by atoms with Gasteiger partial charge in [0.25, 0.3) is 0 Å². The number of halogens is 3. The lowest BCUT2D eigenvalue weighted by atomic mass is 10.0. The molecule has 0 aliphatic carbocycles. The second kappa shape index (κ2) is 10.2. The van der Waals surface area contributed by atoms with Crippen LogP contribution in [0.4, 0.5) is 0 Å². The maximum atomic E-state index is 10.1. The Bertz CT molecular complexity index is 441. The molecule has 0 saturated carbocycles. The third kappa shape index (κ3) is 6.53. The zero-order chi connectivity index (χ0) is 15.8. The van der Waals surface area contributed by atoms with Crippen LogP contribution in [0, 0.1) is 0 Å². The van der Waals surface area contributed by atoms with Crippen molar-refractivity contribution in [1.29, 1.82) is 0 Å². The molecule has 0 spiro atoms. The van der Waals surface area contributed by atoms with Gasteiger partial charge in [-0.15, -0.1) is 5.73 Å². The fraction of sp³-hybridized carbons (Fsp3) is 0.533. The lowest BCUT2D eigenvalue weighted by Gasteiger charge is -2.23. The second-order valence-electron chi connectivity index (χ2n) is 4.67. The maximum absolute atomic E-state index is 10.1. The fourth-order valence-electron chi connectivity index (χ4n) is 1.95. The van der Waals surface area contributed by atoms with Gasteiger partial charge in [0.05, 0.1) is 29.2 Å². The van der Waals surface area contributed by atoms with Gasteiger partial charge in [-0.25, -0.2) is 0 Å². The van der Waals surface area contributed by atoms with Gasteiger partial charge in [-0.3, -0.25) is 0 Å². The van der Waals surface area contributed by atoms with Crippen LogP contribution in [-0.2, 0) is 4.74 Å². The summed E-state index contributed by atoms with van der Waals surface area (Å²) in [5, 5.41) is 20.2. The third-order valence-electron chi connectivity index (χ3n) is 3.09. The highest BCUT2D eigenvalue weighted by molar-refractivity contribution is 9.11. The quantitative estimate of drug-likeness (QED) is 0.340. The van der Waals surface area contributed by atoms with E-state index in [1.165, 1.54) is 0 Å². The van der Waals surface area contributed by atoms with Crippen molar-refractivity contribution in [2.24, 2.45) is 0 Å². The molecule has 1 rings (SSSR count). The molecule has 1 aliphatic rings. The SMILES string of the molecule is CCC(Br)=C/C=C/[C@H](O)[C@H](Br)[C@@H]1O[C@@H](C=C=CBr)C[C@@H]1O. The topological polar surface area (TPSA) is 49.7 Å². The molecule has 0 aromatic carbocycles. The Balaban J connectivity index is 2.62. The van der Waals surface area contributed by atoms with Gasteiger partial charge in [0.2, 0.25) is 0 Å². The van der Waals surface area contributed by atoms with Crippen LogP contribution in [0.25, 0.3) is 0 Å². The molecule has 1 saturated heterocycles. The summed E-state index contributed by atoms with van der Waals surface area (Å²) in [4.78, 5) is 1.24. The molecule has 0 unspecified atom stereocenters. The zero-order valence-electron chi connectivity index (χ0n) is 11.6. The van der Waals surface area contributed by atoms with E-state index in [9.17, 15) is 10.2 Å². The highest BCUT2D eigenvalue weighted by Gasteiger charge is 2.39. The Hall–Kier alpha value is 0.320. The van der Waals surface area contributed by atoms with E-state index in [-0.39, 0.29) is 10.9 Å². The Kier molecular flexibility index (Phi) is 9.37. The molecule has 3 nitrogen and oxygen atoms in total. The van der Waals surface area contributed by atoms with E-state index in [2.05, 4.69) is 53.5 Å². The zero-order valence-corrected chi connectivity index (χ0v) is 16.4. The van der Waals surface area contributed by atoms with E-state index < -0.39 is 18.3 Å². The predicted octanol–water partition coefficient (Wildman–Crippen LogP) is 3.94. The first-order valence-corrected chi connectivity index (χ1v) is 9.31. The van der Waals surface area contributed by atoms with Gasteiger partial charge in [0.15, 0.2) is 0 Å². The van der Waals surface area contributed by atoms with Crippen molar-refractivity contribution in [2.75, 3.05) is 0 Å². The van der Waals surface area contributed by atoms with Crippen molar-refractivity contribution in [2.45, 2.75) is 49.0 Å². The van der Waals surface area contributed by atoms with Crippen molar-refractivity contribution in [3.8, 4) is 0 Å². The summed E-state index contributed by atoms with van der Waals surface area (Å²) in [7, 11) is 0. The third-order valence-corrected chi connectivity index (χ3v) is 5.25. The molecule has 6 heteroatoms. The van der Waals surface area contributed by atoms with Crippen molar-refractivity contribution < 1.29 is 14.9 Å². The molecule has 1 fully saturated rings. The average Bonchev–Trinajstić information content (AvgIpc) is 2.84. The van der Waals surface area contributed by atoms with Gasteiger partial charge in [-0.05, 0) is 17.0 Å². The van der Waals surface area contributed by atoms with Crippen LogP contribution in [0.15, 0.2) is 39.5 Å². The van der Waals surface area contributed by atoms with Crippen molar-refractivity contribution >= 4 is 47.8 Å². The summed E-state index contributed by atoms with van der Waals surface area (Å²) in [5.41, 5.74) is 2.88. The molecule has 0 aromatic rings. The highest BCUT2D eigenvalue weighted by Crippen LogP contribution is 2.29. The van der Waals surface area contributed by atoms with E-state index >= 15 is 0 Å². The molecule has 0 aromatic heterocycles. The van der Waals surface area contributed by atoms with E-state index in [1.807, 2.05) is 13.0 Å². The number of allylic oxidation sites excluding steroid dienone is 3. The number of rotatable bonds is 6. The summed E-state index contributed by atoms with van der Waals surface area (Å²) in [6.07, 6.45) is 6.50. The van der Waals surface area contributed by atoms with Crippen LogP contribution < -0.4 is 0 Å². The molecule has 118 valence electrons. The van der Waals surface area contributed by atoms with E-state index in [0.29, 0.717) is 6.42 Å². The molecule has 1 aliphatic heterocycles. The smallest absolute Gasteiger partial charge is 0.0996 e. The van der Waals surface area contributed by atoms with Gasteiger partial charge < -0.3 is 14.9 Å². The van der Waals surface area contributed by atoms with Crippen LogP contribution in [0.1, 0.15) is 19.8 Å². The Morgan fingerprint density at radius 2 is 2.24 bits per heavy atom.